The molecule has 5 rings (SSSR count). The normalized spacial score (nSPS) is 16.6. The van der Waals surface area contributed by atoms with Crippen LogP contribution in [0.15, 0.2) is 72.4 Å². The van der Waals surface area contributed by atoms with Gasteiger partial charge in [0.2, 0.25) is 0 Å². The van der Waals surface area contributed by atoms with Crippen molar-refractivity contribution in [3.05, 3.63) is 106 Å². The van der Waals surface area contributed by atoms with Gasteiger partial charge >= 0.3 is 6.18 Å². The summed E-state index contributed by atoms with van der Waals surface area (Å²) in [5, 5.41) is 10.4. The summed E-state index contributed by atoms with van der Waals surface area (Å²) in [6.07, 6.45) is -4.68. The van der Waals surface area contributed by atoms with Gasteiger partial charge in [-0.2, -0.15) is 18.3 Å². The van der Waals surface area contributed by atoms with Gasteiger partial charge in [-0.05, 0) is 49.0 Å². The Hall–Kier alpha value is -4.65. The van der Waals surface area contributed by atoms with Crippen molar-refractivity contribution >= 4 is 32.7 Å². The number of alkyl halides is 3. The molecule has 1 aliphatic rings. The first-order valence-electron chi connectivity index (χ1n) is 13.0. The first-order valence-corrected chi connectivity index (χ1v) is 14.2. The number of hydrogen-bond donors (Lipinski definition) is 2. The number of carbonyl (C=O) groups excluding carboxylic acids is 3. The molecule has 13 heteroatoms. The van der Waals surface area contributed by atoms with Gasteiger partial charge in [-0.25, -0.2) is 9.07 Å². The number of aromatic nitrogens is 2. The van der Waals surface area contributed by atoms with Crippen LogP contribution >= 0.6 is 0 Å². The zero-order valence-electron chi connectivity index (χ0n) is 22.4. The average molecular weight is 596 g/mol. The summed E-state index contributed by atoms with van der Waals surface area (Å²) in [6.45, 7) is 1.85. The van der Waals surface area contributed by atoms with Crippen LogP contribution in [-0.4, -0.2) is 56.3 Å². The second kappa shape index (κ2) is 11.3. The minimum Gasteiger partial charge on any atom is -0.354 e. The first kappa shape index (κ1) is 28.9. The number of fused-ring (bicyclic) bond motifs is 1. The Morgan fingerprint density at radius 1 is 1.02 bits per heavy atom. The van der Waals surface area contributed by atoms with Crippen molar-refractivity contribution in [1.29, 1.82) is 0 Å². The lowest BCUT2D eigenvalue weighted by atomic mass is 9.84. The SMILES string of the molecule is CCN1C(=O)C(NC(=O)c2cccc(C(F)(F)F)c2)C(c2ccc(F)c[siH]2)c2c(C(=O)NC)nn(-c3ccccc3)c21. The van der Waals surface area contributed by atoms with Gasteiger partial charge in [-0.15, -0.1) is 0 Å². The fourth-order valence-corrected chi connectivity index (χ4v) is 6.36. The molecule has 0 aliphatic carbocycles. The Morgan fingerprint density at radius 3 is 2.38 bits per heavy atom. The second-order valence-corrected chi connectivity index (χ2v) is 10.9. The fraction of sp³-hybridized carbons (Fsp3) is 0.207. The number of nitrogens with one attached hydrogen (secondary N) is 2. The van der Waals surface area contributed by atoms with Crippen molar-refractivity contribution in [2.45, 2.75) is 25.1 Å². The van der Waals surface area contributed by atoms with Crippen LogP contribution in [0.1, 0.15) is 50.0 Å². The van der Waals surface area contributed by atoms with Gasteiger partial charge in [-0.1, -0.05) is 35.5 Å². The van der Waals surface area contributed by atoms with E-state index in [9.17, 15) is 31.9 Å². The predicted octanol–water partition coefficient (Wildman–Crippen LogP) is 3.76. The first-order chi connectivity index (χ1) is 20.0. The highest BCUT2D eigenvalue weighted by atomic mass is 28.2. The summed E-state index contributed by atoms with van der Waals surface area (Å²) in [5.41, 5.74) is 0.998. The van der Waals surface area contributed by atoms with E-state index >= 15 is 0 Å². The van der Waals surface area contributed by atoms with E-state index in [4.69, 9.17) is 0 Å². The van der Waals surface area contributed by atoms with E-state index in [0.717, 1.165) is 12.1 Å². The van der Waals surface area contributed by atoms with Crippen molar-refractivity contribution in [1.82, 2.24) is 20.4 Å². The molecule has 2 aromatic carbocycles. The molecule has 0 spiro atoms. The van der Waals surface area contributed by atoms with E-state index in [1.807, 2.05) is 0 Å². The molecule has 8 nitrogen and oxygen atoms in total. The third-order valence-electron chi connectivity index (χ3n) is 7.06. The molecule has 0 radical (unpaired) electrons. The third-order valence-corrected chi connectivity index (χ3v) is 8.48. The molecule has 216 valence electrons. The predicted molar refractivity (Wildman–Crippen MR) is 149 cm³/mol. The van der Waals surface area contributed by atoms with E-state index in [0.29, 0.717) is 28.3 Å². The molecule has 3 heterocycles. The summed E-state index contributed by atoms with van der Waals surface area (Å²) in [4.78, 5) is 42.1. The number of likely N-dealkylation sites (N-methyl/N-ethyl adjacent to an activating group) is 1. The lowest BCUT2D eigenvalue weighted by Crippen LogP contribution is -2.55. The lowest BCUT2D eigenvalue weighted by Gasteiger charge is -2.38. The Kier molecular flexibility index (Phi) is 7.78. The van der Waals surface area contributed by atoms with E-state index < -0.39 is 56.4 Å². The average Bonchev–Trinajstić information content (AvgIpc) is 3.38. The fourth-order valence-electron chi connectivity index (χ4n) is 5.13. The smallest absolute Gasteiger partial charge is 0.354 e. The van der Waals surface area contributed by atoms with Crippen molar-refractivity contribution < 1.29 is 31.9 Å². The summed E-state index contributed by atoms with van der Waals surface area (Å²) in [6, 6.07) is 14.2. The Bertz CT molecular complexity index is 1660. The molecule has 0 fully saturated rings. The molecule has 42 heavy (non-hydrogen) atoms. The minimum atomic E-state index is -4.68. The summed E-state index contributed by atoms with van der Waals surface area (Å²) in [5.74, 6) is -3.09. The molecule has 2 unspecified atom stereocenters. The standard InChI is InChI=1S/C29H25F4N5O3Si/c1-3-37-27-22(23(26(40)34-2)36-38(27)19-10-5-4-6-11-19)21(20-13-12-18(30)15-42-20)24(28(37)41)35-25(39)16-8-7-9-17(14-16)29(31,32)33/h4-15,21,24,42H,3H2,1-2H3,(H,34,40)(H,35,39). The number of halogens is 4. The van der Waals surface area contributed by atoms with Gasteiger partial charge in [0, 0.05) is 39.8 Å². The number of para-hydroxylation sites is 1. The van der Waals surface area contributed by atoms with Crippen LogP contribution in [0, 0.1) is 5.82 Å². The molecule has 0 saturated heterocycles. The number of nitrogens with zero attached hydrogens (tertiary/aromatic N) is 3. The lowest BCUT2D eigenvalue weighted by molar-refractivity contribution is -0.137. The Morgan fingerprint density at radius 2 is 1.76 bits per heavy atom. The van der Waals surface area contributed by atoms with Gasteiger partial charge in [0.1, 0.15) is 17.7 Å². The minimum absolute atomic E-state index is 0.000876. The van der Waals surface area contributed by atoms with Gasteiger partial charge in [-0.3, -0.25) is 19.3 Å². The van der Waals surface area contributed by atoms with Crippen molar-refractivity contribution in [3.63, 3.8) is 0 Å². The number of carbonyl (C=O) groups is 3. The molecule has 3 amide bonds. The van der Waals surface area contributed by atoms with E-state index in [-0.39, 0.29) is 17.8 Å². The monoisotopic (exact) mass is 595 g/mol. The molecule has 2 atom stereocenters. The quantitative estimate of drug-likeness (QED) is 0.262. The second-order valence-electron chi connectivity index (χ2n) is 9.55. The maximum absolute atomic E-state index is 14.1. The molecule has 0 saturated carbocycles. The highest BCUT2D eigenvalue weighted by Gasteiger charge is 2.47. The molecule has 1 aliphatic heterocycles. The highest BCUT2D eigenvalue weighted by molar-refractivity contribution is 6.32. The zero-order chi connectivity index (χ0) is 30.2. The largest absolute Gasteiger partial charge is 0.416 e. The molecular weight excluding hydrogens is 570 g/mol. The van der Waals surface area contributed by atoms with Crippen molar-refractivity contribution in [3.8, 4) is 5.69 Å². The van der Waals surface area contributed by atoms with Crippen LogP contribution in [0.2, 0.25) is 0 Å². The number of anilines is 1. The van der Waals surface area contributed by atoms with Crippen LogP contribution in [-0.2, 0) is 11.0 Å². The molecule has 2 aromatic heterocycles. The topological polar surface area (TPSA) is 96.3 Å². The van der Waals surface area contributed by atoms with Crippen LogP contribution < -0.4 is 15.5 Å². The van der Waals surface area contributed by atoms with Gasteiger partial charge in [0.05, 0.1) is 11.3 Å². The molecule has 0 bridgehead atoms. The van der Waals surface area contributed by atoms with Crippen molar-refractivity contribution in [2.24, 2.45) is 0 Å². The van der Waals surface area contributed by atoms with Gasteiger partial charge < -0.3 is 10.6 Å². The third kappa shape index (κ3) is 5.22. The summed E-state index contributed by atoms with van der Waals surface area (Å²) in [7, 11) is 0.582. The zero-order valence-corrected chi connectivity index (χ0v) is 23.6. The van der Waals surface area contributed by atoms with Crippen LogP contribution in [0.25, 0.3) is 5.69 Å². The van der Waals surface area contributed by atoms with Crippen LogP contribution in [0.3, 0.4) is 0 Å². The molecular formula is C29H25F4N5O3Si. The maximum atomic E-state index is 14.1. The maximum Gasteiger partial charge on any atom is 0.416 e. The number of amides is 3. The van der Waals surface area contributed by atoms with Crippen molar-refractivity contribution in [2.75, 3.05) is 18.5 Å². The number of rotatable bonds is 6. The Balaban J connectivity index is 1.72. The van der Waals surface area contributed by atoms with Crippen LogP contribution in [0.4, 0.5) is 23.4 Å². The molecule has 2 N–H and O–H groups in total. The van der Waals surface area contributed by atoms with Gasteiger partial charge in [0.15, 0.2) is 5.69 Å². The number of hydrogen-bond acceptors (Lipinski definition) is 4. The van der Waals surface area contributed by atoms with Gasteiger partial charge in [0.25, 0.3) is 17.7 Å². The highest BCUT2D eigenvalue weighted by Crippen LogP contribution is 2.43. The van der Waals surface area contributed by atoms with Crippen LogP contribution in [0.5, 0.6) is 0 Å². The van der Waals surface area contributed by atoms with E-state index in [2.05, 4.69) is 15.7 Å². The van der Waals surface area contributed by atoms with E-state index in [1.54, 1.807) is 37.3 Å². The molecule has 4 aromatic rings. The Labute approximate surface area is 240 Å². The number of benzene rings is 2. The summed E-state index contributed by atoms with van der Waals surface area (Å²) < 4.78 is 55.6. The summed E-state index contributed by atoms with van der Waals surface area (Å²) >= 11 is 0. The van der Waals surface area contributed by atoms with E-state index in [1.165, 1.54) is 40.5 Å².